The first-order valence-electron chi connectivity index (χ1n) is 7.83. The number of carbonyl (C=O) groups is 1. The summed E-state index contributed by atoms with van der Waals surface area (Å²) in [6.45, 7) is 0. The van der Waals surface area contributed by atoms with Crippen LogP contribution in [0, 0.1) is 0 Å². The van der Waals surface area contributed by atoms with Gasteiger partial charge < -0.3 is 14.7 Å². The molecule has 7 heteroatoms. The van der Waals surface area contributed by atoms with Gasteiger partial charge in [0.1, 0.15) is 0 Å². The average molecular weight is 386 g/mol. The molecule has 1 saturated heterocycles. The van der Waals surface area contributed by atoms with Gasteiger partial charge in [-0.05, 0) is 48.0 Å². The summed E-state index contributed by atoms with van der Waals surface area (Å²) in [5, 5.41) is 9.90. The van der Waals surface area contributed by atoms with Crippen molar-refractivity contribution in [1.82, 2.24) is 0 Å². The maximum Gasteiger partial charge on any atom is 0.270 e. The maximum absolute atomic E-state index is 12.8. The molecule has 1 amide bonds. The lowest BCUT2D eigenvalue weighted by molar-refractivity contribution is -0.113. The zero-order valence-corrected chi connectivity index (χ0v) is 16.2. The van der Waals surface area contributed by atoms with Gasteiger partial charge in [-0.3, -0.25) is 9.69 Å². The van der Waals surface area contributed by atoms with E-state index in [1.807, 2.05) is 43.3 Å². The van der Waals surface area contributed by atoms with Crippen LogP contribution >= 0.6 is 24.0 Å². The van der Waals surface area contributed by atoms with Crippen LogP contribution in [0.25, 0.3) is 6.08 Å². The molecule has 0 atom stereocenters. The molecule has 26 heavy (non-hydrogen) atoms. The molecule has 3 rings (SSSR count). The summed E-state index contributed by atoms with van der Waals surface area (Å²) in [5.74, 6) is 0.236. The number of aromatic hydroxyl groups is 1. The molecule has 1 N–H and O–H groups in total. The summed E-state index contributed by atoms with van der Waals surface area (Å²) >= 11 is 6.63. The molecule has 2 aromatic rings. The first-order valence-corrected chi connectivity index (χ1v) is 9.05. The Balaban J connectivity index is 1.87. The number of nitrogens with zero attached hydrogens (tertiary/aromatic N) is 2. The molecule has 0 radical (unpaired) electrons. The van der Waals surface area contributed by atoms with Crippen LogP contribution in [0.1, 0.15) is 5.56 Å². The van der Waals surface area contributed by atoms with E-state index in [9.17, 15) is 9.90 Å². The third kappa shape index (κ3) is 3.54. The summed E-state index contributed by atoms with van der Waals surface area (Å²) < 4.78 is 5.52. The third-order valence-electron chi connectivity index (χ3n) is 3.92. The van der Waals surface area contributed by atoms with Gasteiger partial charge >= 0.3 is 0 Å². The second-order valence-electron chi connectivity index (χ2n) is 5.86. The normalized spacial score (nSPS) is 15.7. The number of hydrogen-bond donors (Lipinski definition) is 1. The van der Waals surface area contributed by atoms with Crippen LogP contribution in [-0.2, 0) is 4.79 Å². The van der Waals surface area contributed by atoms with Crippen LogP contribution in [0.3, 0.4) is 0 Å². The minimum Gasteiger partial charge on any atom is -0.504 e. The third-order valence-corrected chi connectivity index (χ3v) is 5.22. The summed E-state index contributed by atoms with van der Waals surface area (Å²) in [7, 11) is 5.41. The van der Waals surface area contributed by atoms with Gasteiger partial charge in [-0.1, -0.05) is 30.0 Å². The van der Waals surface area contributed by atoms with Crippen molar-refractivity contribution in [3.05, 3.63) is 52.9 Å². The van der Waals surface area contributed by atoms with Crippen molar-refractivity contribution < 1.29 is 14.6 Å². The molecule has 0 bridgehead atoms. The van der Waals surface area contributed by atoms with Gasteiger partial charge in [0.2, 0.25) is 0 Å². The second-order valence-corrected chi connectivity index (χ2v) is 7.53. The number of methoxy groups -OCH3 is 1. The van der Waals surface area contributed by atoms with E-state index in [0.29, 0.717) is 20.5 Å². The molecule has 5 nitrogen and oxygen atoms in total. The monoisotopic (exact) mass is 386 g/mol. The van der Waals surface area contributed by atoms with Gasteiger partial charge in [-0.2, -0.15) is 0 Å². The van der Waals surface area contributed by atoms with Gasteiger partial charge in [0.25, 0.3) is 5.91 Å². The quantitative estimate of drug-likeness (QED) is 0.636. The molecule has 2 aromatic carbocycles. The van der Waals surface area contributed by atoms with Crippen molar-refractivity contribution in [1.29, 1.82) is 0 Å². The fourth-order valence-electron chi connectivity index (χ4n) is 2.54. The molecular formula is C19H18N2O3S2. The van der Waals surface area contributed by atoms with Crippen molar-refractivity contribution >= 4 is 51.7 Å². The predicted molar refractivity (Wildman–Crippen MR) is 111 cm³/mol. The topological polar surface area (TPSA) is 53.0 Å². The molecule has 1 aliphatic heterocycles. The first-order chi connectivity index (χ1) is 12.4. The number of carbonyl (C=O) groups excluding carboxylic acids is 1. The van der Waals surface area contributed by atoms with Crippen LogP contribution in [-0.4, -0.2) is 36.5 Å². The van der Waals surface area contributed by atoms with Crippen molar-refractivity contribution in [2.24, 2.45) is 0 Å². The number of anilines is 2. The van der Waals surface area contributed by atoms with Crippen molar-refractivity contribution in [3.8, 4) is 11.5 Å². The van der Waals surface area contributed by atoms with E-state index < -0.39 is 0 Å². The van der Waals surface area contributed by atoms with Gasteiger partial charge in [-0.15, -0.1) is 0 Å². The number of phenols is 1. The number of benzene rings is 2. The molecule has 0 aromatic heterocycles. The largest absolute Gasteiger partial charge is 0.504 e. The summed E-state index contributed by atoms with van der Waals surface area (Å²) in [4.78, 5) is 16.8. The summed E-state index contributed by atoms with van der Waals surface area (Å²) in [5.41, 5.74) is 2.48. The summed E-state index contributed by atoms with van der Waals surface area (Å²) in [6, 6.07) is 12.6. The van der Waals surface area contributed by atoms with E-state index in [0.717, 1.165) is 11.4 Å². The smallest absolute Gasteiger partial charge is 0.270 e. The molecular weight excluding hydrogens is 368 g/mol. The Morgan fingerprint density at radius 2 is 1.88 bits per heavy atom. The predicted octanol–water partition coefficient (Wildman–Crippen LogP) is 3.87. The number of thioether (sulfide) groups is 1. The Morgan fingerprint density at radius 3 is 2.46 bits per heavy atom. The Hall–Kier alpha value is -2.51. The lowest BCUT2D eigenvalue weighted by atomic mass is 10.2. The Kier molecular flexibility index (Phi) is 5.20. The van der Waals surface area contributed by atoms with Crippen LogP contribution in [0.4, 0.5) is 11.4 Å². The number of hydrogen-bond acceptors (Lipinski definition) is 6. The van der Waals surface area contributed by atoms with Gasteiger partial charge in [0, 0.05) is 19.8 Å². The standard InChI is InChI=1S/C19H18N2O3S2/c1-20(2)13-5-7-14(8-6-13)21-18(23)17(26-19(21)25)11-12-4-9-16(24-3)15(22)10-12/h4-11,22H,1-3H3/b17-11+. The highest BCUT2D eigenvalue weighted by Gasteiger charge is 2.33. The first kappa shape index (κ1) is 18.3. The number of thiocarbonyl (C=S) groups is 1. The Bertz CT molecular complexity index is 892. The minimum atomic E-state index is -0.173. The number of phenolic OH excluding ortho intramolecular Hbond substituents is 1. The van der Waals surface area contributed by atoms with E-state index in [4.69, 9.17) is 17.0 Å². The fourth-order valence-corrected chi connectivity index (χ4v) is 3.84. The van der Waals surface area contributed by atoms with E-state index in [1.54, 1.807) is 24.3 Å². The average Bonchev–Trinajstić information content (AvgIpc) is 2.89. The van der Waals surface area contributed by atoms with Crippen molar-refractivity contribution in [2.75, 3.05) is 31.0 Å². The molecule has 1 heterocycles. The molecule has 0 saturated carbocycles. The highest BCUT2D eigenvalue weighted by Crippen LogP contribution is 2.37. The highest BCUT2D eigenvalue weighted by molar-refractivity contribution is 8.27. The van der Waals surface area contributed by atoms with E-state index in [2.05, 4.69) is 0 Å². The molecule has 1 aliphatic rings. The van der Waals surface area contributed by atoms with Gasteiger partial charge in [0.15, 0.2) is 15.8 Å². The molecule has 1 fully saturated rings. The molecule has 134 valence electrons. The van der Waals surface area contributed by atoms with E-state index in [-0.39, 0.29) is 11.7 Å². The lowest BCUT2D eigenvalue weighted by Crippen LogP contribution is -2.27. The van der Waals surface area contributed by atoms with Crippen LogP contribution in [0.15, 0.2) is 47.4 Å². The van der Waals surface area contributed by atoms with Crippen molar-refractivity contribution in [2.45, 2.75) is 0 Å². The number of ether oxygens (including phenoxy) is 1. The molecule has 0 spiro atoms. The molecule has 0 unspecified atom stereocenters. The van der Waals surface area contributed by atoms with Gasteiger partial charge in [-0.25, -0.2) is 0 Å². The second kappa shape index (κ2) is 7.39. The zero-order valence-electron chi connectivity index (χ0n) is 14.6. The Labute approximate surface area is 161 Å². The van der Waals surface area contributed by atoms with Crippen molar-refractivity contribution in [3.63, 3.8) is 0 Å². The van der Waals surface area contributed by atoms with E-state index in [1.165, 1.54) is 23.8 Å². The Morgan fingerprint density at radius 1 is 1.19 bits per heavy atom. The highest BCUT2D eigenvalue weighted by atomic mass is 32.2. The maximum atomic E-state index is 12.8. The van der Waals surface area contributed by atoms with Gasteiger partial charge in [0.05, 0.1) is 17.7 Å². The zero-order chi connectivity index (χ0) is 18.8. The minimum absolute atomic E-state index is 0.0241. The lowest BCUT2D eigenvalue weighted by Gasteiger charge is -2.17. The number of rotatable bonds is 4. The summed E-state index contributed by atoms with van der Waals surface area (Å²) in [6.07, 6.45) is 1.71. The fraction of sp³-hybridized carbons (Fsp3) is 0.158. The molecule has 0 aliphatic carbocycles. The number of amides is 1. The van der Waals surface area contributed by atoms with Crippen LogP contribution in [0.5, 0.6) is 11.5 Å². The van der Waals surface area contributed by atoms with Crippen LogP contribution in [0.2, 0.25) is 0 Å². The SMILES string of the molecule is COc1ccc(/C=C2/SC(=S)N(c3ccc(N(C)C)cc3)C2=O)cc1O. The van der Waals surface area contributed by atoms with E-state index >= 15 is 0 Å². The van der Waals surface area contributed by atoms with Crippen LogP contribution < -0.4 is 14.5 Å².